The second-order valence-corrected chi connectivity index (χ2v) is 6.91. The summed E-state index contributed by atoms with van der Waals surface area (Å²) in [4.78, 5) is 36.6. The van der Waals surface area contributed by atoms with E-state index < -0.39 is 29.8 Å². The average Bonchev–Trinajstić information content (AvgIpc) is 2.58. The summed E-state index contributed by atoms with van der Waals surface area (Å²) >= 11 is 0. The molecule has 4 atom stereocenters. The maximum absolute atomic E-state index is 12.6. The van der Waals surface area contributed by atoms with Crippen LogP contribution in [0.25, 0.3) is 0 Å². The highest BCUT2D eigenvalue weighted by Gasteiger charge is 2.31. The smallest absolute Gasteiger partial charge is 0.243 e. The normalized spacial score (nSPS) is 15.6. The van der Waals surface area contributed by atoms with Gasteiger partial charge in [0.15, 0.2) is 0 Å². The van der Waals surface area contributed by atoms with E-state index in [0.29, 0.717) is 19.3 Å². The van der Waals surface area contributed by atoms with Crippen LogP contribution in [0.4, 0.5) is 0 Å². The van der Waals surface area contributed by atoms with Gasteiger partial charge in [0.25, 0.3) is 0 Å². The van der Waals surface area contributed by atoms with Gasteiger partial charge in [0.1, 0.15) is 12.1 Å². The zero-order valence-corrected chi connectivity index (χ0v) is 16.7. The Bertz CT molecular complexity index is 479. The number of primary amides is 1. The largest absolute Gasteiger partial charge is 0.381 e. The van der Waals surface area contributed by atoms with Crippen molar-refractivity contribution in [2.24, 2.45) is 17.6 Å². The first-order chi connectivity index (χ1) is 12.2. The van der Waals surface area contributed by atoms with Crippen LogP contribution < -0.4 is 16.4 Å². The molecule has 0 aliphatic heterocycles. The first-order valence-corrected chi connectivity index (χ1v) is 9.23. The number of ether oxygens (including phenoxy) is 1. The molecule has 0 radical (unpaired) electrons. The van der Waals surface area contributed by atoms with E-state index in [1.165, 1.54) is 0 Å². The van der Waals surface area contributed by atoms with Crippen LogP contribution >= 0.6 is 0 Å². The van der Waals surface area contributed by atoms with Crippen LogP contribution in [-0.2, 0) is 19.1 Å². The molecule has 0 aromatic heterocycles. The van der Waals surface area contributed by atoms with E-state index in [4.69, 9.17) is 10.5 Å². The van der Waals surface area contributed by atoms with Gasteiger partial charge in [-0.15, -0.1) is 6.58 Å². The van der Waals surface area contributed by atoms with E-state index in [1.807, 2.05) is 20.8 Å². The van der Waals surface area contributed by atoms with Crippen molar-refractivity contribution in [3.8, 4) is 0 Å². The Labute approximate surface area is 157 Å². The minimum absolute atomic E-state index is 0.143. The number of allylic oxidation sites excluding steroid dienone is 1. The quantitative estimate of drug-likeness (QED) is 0.427. The third kappa shape index (κ3) is 7.99. The number of hydrogen-bond donors (Lipinski definition) is 3. The number of nitrogens with one attached hydrogen (secondary N) is 2. The third-order valence-electron chi connectivity index (χ3n) is 4.41. The van der Waals surface area contributed by atoms with Crippen molar-refractivity contribution >= 4 is 17.7 Å². The van der Waals surface area contributed by atoms with Crippen LogP contribution in [0.2, 0.25) is 0 Å². The molecule has 0 aliphatic rings. The van der Waals surface area contributed by atoms with Gasteiger partial charge in [-0.3, -0.25) is 14.4 Å². The Morgan fingerprint density at radius 3 is 2.15 bits per heavy atom. The van der Waals surface area contributed by atoms with Crippen LogP contribution in [0.5, 0.6) is 0 Å². The van der Waals surface area contributed by atoms with Gasteiger partial charge in [-0.2, -0.15) is 0 Å². The van der Waals surface area contributed by atoms with Crippen molar-refractivity contribution in [1.29, 1.82) is 0 Å². The molecule has 0 heterocycles. The van der Waals surface area contributed by atoms with Gasteiger partial charge in [0, 0.05) is 7.11 Å². The van der Waals surface area contributed by atoms with Crippen LogP contribution in [0.15, 0.2) is 12.7 Å². The number of rotatable bonds is 13. The third-order valence-corrected chi connectivity index (χ3v) is 4.41. The topological polar surface area (TPSA) is 111 Å². The van der Waals surface area contributed by atoms with Gasteiger partial charge in [0.2, 0.25) is 17.7 Å². The Balaban J connectivity index is 5.03. The van der Waals surface area contributed by atoms with Crippen LogP contribution in [0, 0.1) is 11.8 Å². The second kappa shape index (κ2) is 12.5. The van der Waals surface area contributed by atoms with E-state index in [1.54, 1.807) is 20.1 Å². The van der Waals surface area contributed by atoms with Crippen molar-refractivity contribution in [3.05, 3.63) is 12.7 Å². The van der Waals surface area contributed by atoms with Gasteiger partial charge in [-0.25, -0.2) is 0 Å². The summed E-state index contributed by atoms with van der Waals surface area (Å²) in [5.74, 6) is -1.81. The van der Waals surface area contributed by atoms with Crippen LogP contribution in [0.3, 0.4) is 0 Å². The molecular weight excluding hydrogens is 334 g/mol. The molecule has 26 heavy (non-hydrogen) atoms. The zero-order chi connectivity index (χ0) is 20.3. The Morgan fingerprint density at radius 2 is 1.73 bits per heavy atom. The highest BCUT2D eigenvalue weighted by molar-refractivity contribution is 5.92. The maximum atomic E-state index is 12.6. The summed E-state index contributed by atoms with van der Waals surface area (Å²) in [6.45, 7) is 11.0. The number of hydrogen-bond acceptors (Lipinski definition) is 4. The molecule has 0 saturated heterocycles. The molecule has 3 amide bonds. The van der Waals surface area contributed by atoms with Crippen molar-refractivity contribution in [1.82, 2.24) is 10.6 Å². The maximum Gasteiger partial charge on any atom is 0.243 e. The molecule has 0 fully saturated rings. The summed E-state index contributed by atoms with van der Waals surface area (Å²) < 4.78 is 5.40. The Morgan fingerprint density at radius 1 is 1.12 bits per heavy atom. The van der Waals surface area contributed by atoms with E-state index in [-0.39, 0.29) is 17.9 Å². The number of amides is 3. The minimum Gasteiger partial charge on any atom is -0.381 e. The summed E-state index contributed by atoms with van der Waals surface area (Å²) in [5.41, 5.74) is 5.34. The second-order valence-electron chi connectivity index (χ2n) is 6.91. The first-order valence-electron chi connectivity index (χ1n) is 9.23. The molecule has 4 unspecified atom stereocenters. The van der Waals surface area contributed by atoms with Gasteiger partial charge < -0.3 is 21.1 Å². The van der Waals surface area contributed by atoms with E-state index >= 15 is 0 Å². The lowest BCUT2D eigenvalue weighted by Crippen LogP contribution is -2.56. The Kier molecular flexibility index (Phi) is 11.6. The molecular formula is C19H35N3O4. The SMILES string of the molecule is C=CCCC(OC)C(C)C(=O)NC(C(=O)NC(CCC)C(N)=O)C(C)C. The highest BCUT2D eigenvalue weighted by atomic mass is 16.5. The van der Waals surface area contributed by atoms with Gasteiger partial charge >= 0.3 is 0 Å². The number of carbonyl (C=O) groups excluding carboxylic acids is 3. The van der Waals surface area contributed by atoms with Crippen molar-refractivity contribution in [3.63, 3.8) is 0 Å². The van der Waals surface area contributed by atoms with Crippen molar-refractivity contribution in [2.45, 2.75) is 71.6 Å². The summed E-state index contributed by atoms with van der Waals surface area (Å²) in [6.07, 6.45) is 4.10. The van der Waals surface area contributed by atoms with Gasteiger partial charge in [-0.1, -0.05) is 40.2 Å². The first kappa shape index (κ1) is 24.1. The number of carbonyl (C=O) groups is 3. The number of methoxy groups -OCH3 is 1. The average molecular weight is 370 g/mol. The molecule has 4 N–H and O–H groups in total. The van der Waals surface area contributed by atoms with E-state index in [9.17, 15) is 14.4 Å². The fourth-order valence-corrected chi connectivity index (χ4v) is 2.68. The lowest BCUT2D eigenvalue weighted by molar-refractivity contribution is -0.135. The predicted octanol–water partition coefficient (Wildman–Crippen LogP) is 1.51. The molecule has 0 aromatic carbocycles. The molecule has 7 nitrogen and oxygen atoms in total. The molecule has 0 bridgehead atoms. The summed E-state index contributed by atoms with van der Waals surface area (Å²) in [6, 6.07) is -1.48. The lowest BCUT2D eigenvalue weighted by Gasteiger charge is -2.27. The van der Waals surface area contributed by atoms with E-state index in [0.717, 1.165) is 6.42 Å². The fraction of sp³-hybridized carbons (Fsp3) is 0.737. The Hall–Kier alpha value is -1.89. The summed E-state index contributed by atoms with van der Waals surface area (Å²) in [7, 11) is 1.56. The lowest BCUT2D eigenvalue weighted by atomic mass is 9.96. The zero-order valence-electron chi connectivity index (χ0n) is 16.7. The minimum atomic E-state index is -0.749. The molecule has 0 aromatic rings. The standard InChI is InChI=1S/C19H35N3O4/c1-7-9-11-15(26-6)13(5)18(24)22-16(12(3)4)19(25)21-14(10-8-2)17(20)23/h7,12-16H,1,8-11H2,2-6H3,(H2,20,23)(H,21,25)(H,22,24). The summed E-state index contributed by atoms with van der Waals surface area (Å²) in [5, 5.41) is 5.43. The van der Waals surface area contributed by atoms with Gasteiger partial charge in [-0.05, 0) is 25.2 Å². The molecule has 0 aliphatic carbocycles. The monoisotopic (exact) mass is 369 g/mol. The van der Waals surface area contributed by atoms with E-state index in [2.05, 4.69) is 17.2 Å². The molecule has 150 valence electrons. The molecule has 0 spiro atoms. The van der Waals surface area contributed by atoms with Crippen LogP contribution in [-0.4, -0.2) is 43.0 Å². The fourth-order valence-electron chi connectivity index (χ4n) is 2.68. The highest BCUT2D eigenvalue weighted by Crippen LogP contribution is 2.15. The predicted molar refractivity (Wildman–Crippen MR) is 102 cm³/mol. The molecule has 0 saturated carbocycles. The van der Waals surface area contributed by atoms with Crippen LogP contribution in [0.1, 0.15) is 53.4 Å². The number of nitrogens with two attached hydrogens (primary N) is 1. The van der Waals surface area contributed by atoms with Crippen molar-refractivity contribution < 1.29 is 19.1 Å². The van der Waals surface area contributed by atoms with Crippen molar-refractivity contribution in [2.75, 3.05) is 7.11 Å². The molecule has 7 heteroatoms. The molecule has 0 rings (SSSR count). The van der Waals surface area contributed by atoms with Gasteiger partial charge in [0.05, 0.1) is 12.0 Å².